The largest absolute Gasteiger partial charge is 0.395 e. The van der Waals surface area contributed by atoms with Crippen molar-refractivity contribution >= 4 is 17.6 Å². The molecule has 90 valence electrons. The van der Waals surface area contributed by atoms with E-state index in [1.165, 1.54) is 5.56 Å². The number of nitrogens with zero attached hydrogens (tertiary/aromatic N) is 1. The summed E-state index contributed by atoms with van der Waals surface area (Å²) in [6.45, 7) is 5.35. The Morgan fingerprint density at radius 1 is 1.50 bits per heavy atom. The van der Waals surface area contributed by atoms with E-state index in [1.807, 2.05) is 19.2 Å². The first kappa shape index (κ1) is 13.3. The quantitative estimate of drug-likeness (QED) is 0.768. The Morgan fingerprint density at radius 3 is 2.88 bits per heavy atom. The summed E-state index contributed by atoms with van der Waals surface area (Å²) < 4.78 is 0. The second-order valence-corrected chi connectivity index (χ2v) is 5.21. The molecule has 0 fully saturated rings. The van der Waals surface area contributed by atoms with Gasteiger partial charge < -0.3 is 10.4 Å². The number of anilines is 1. The van der Waals surface area contributed by atoms with Gasteiger partial charge in [-0.3, -0.25) is 0 Å². The van der Waals surface area contributed by atoms with Crippen molar-refractivity contribution in [3.8, 4) is 0 Å². The lowest BCUT2D eigenvalue weighted by atomic mass is 10.3. The Bertz CT molecular complexity index is 290. The summed E-state index contributed by atoms with van der Waals surface area (Å²) in [5, 5.41) is 12.4. The third-order valence-corrected chi connectivity index (χ3v) is 3.39. The maximum atomic E-state index is 8.91. The molecule has 0 radical (unpaired) electrons. The third-order valence-electron chi connectivity index (χ3n) is 2.17. The number of rotatable bonds is 7. The molecule has 1 aromatic heterocycles. The van der Waals surface area contributed by atoms with Crippen molar-refractivity contribution in [1.82, 2.24) is 4.98 Å². The zero-order chi connectivity index (χ0) is 11.8. The van der Waals surface area contributed by atoms with E-state index < -0.39 is 0 Å². The van der Waals surface area contributed by atoms with Gasteiger partial charge in [-0.05, 0) is 18.1 Å². The normalized spacial score (nSPS) is 12.4. The molecule has 1 atom stereocenters. The minimum absolute atomic E-state index is 0.230. The first-order valence-corrected chi connectivity index (χ1v) is 6.72. The molecule has 1 unspecified atom stereocenters. The van der Waals surface area contributed by atoms with Crippen LogP contribution in [0.3, 0.4) is 0 Å². The molecule has 0 aromatic carbocycles. The van der Waals surface area contributed by atoms with Crippen LogP contribution in [0.25, 0.3) is 0 Å². The summed E-state index contributed by atoms with van der Waals surface area (Å²) in [6, 6.07) is 4.09. The van der Waals surface area contributed by atoms with Gasteiger partial charge in [-0.1, -0.05) is 19.9 Å². The van der Waals surface area contributed by atoms with Gasteiger partial charge in [0.05, 0.1) is 6.61 Å². The highest BCUT2D eigenvalue weighted by Gasteiger charge is 2.01. The standard InChI is InChI=1S/C12H20N2OS/c1-3-6-13-12-5-4-11(7-14-12)9-16-10(2)8-15/h4-5,7,10,15H,3,6,8-9H2,1-2H3,(H,13,14). The fraction of sp³-hybridized carbons (Fsp3) is 0.583. The van der Waals surface area contributed by atoms with Crippen LogP contribution in [-0.4, -0.2) is 28.5 Å². The van der Waals surface area contributed by atoms with Crippen LogP contribution >= 0.6 is 11.8 Å². The molecule has 4 heteroatoms. The van der Waals surface area contributed by atoms with E-state index >= 15 is 0 Å². The number of nitrogens with one attached hydrogen (secondary N) is 1. The lowest BCUT2D eigenvalue weighted by Gasteiger charge is -2.08. The molecule has 0 spiro atoms. The second kappa shape index (κ2) is 7.52. The van der Waals surface area contributed by atoms with Crippen molar-refractivity contribution in [2.75, 3.05) is 18.5 Å². The molecule has 3 nitrogen and oxygen atoms in total. The zero-order valence-corrected chi connectivity index (χ0v) is 10.8. The molecule has 0 saturated carbocycles. The van der Waals surface area contributed by atoms with Crippen LogP contribution in [-0.2, 0) is 5.75 Å². The van der Waals surface area contributed by atoms with Crippen LogP contribution in [0, 0.1) is 0 Å². The predicted molar refractivity (Wildman–Crippen MR) is 70.9 cm³/mol. The van der Waals surface area contributed by atoms with Crippen molar-refractivity contribution in [3.05, 3.63) is 23.9 Å². The topological polar surface area (TPSA) is 45.1 Å². The number of hydrogen-bond acceptors (Lipinski definition) is 4. The first-order valence-electron chi connectivity index (χ1n) is 5.67. The van der Waals surface area contributed by atoms with Gasteiger partial charge in [0.2, 0.25) is 0 Å². The Morgan fingerprint density at radius 2 is 2.31 bits per heavy atom. The Labute approximate surface area is 102 Å². The Balaban J connectivity index is 2.38. The van der Waals surface area contributed by atoms with Crippen LogP contribution in [0.5, 0.6) is 0 Å². The summed E-state index contributed by atoms with van der Waals surface area (Å²) in [4.78, 5) is 4.33. The molecule has 1 rings (SSSR count). The van der Waals surface area contributed by atoms with E-state index in [0.29, 0.717) is 0 Å². The minimum Gasteiger partial charge on any atom is -0.395 e. The van der Waals surface area contributed by atoms with E-state index in [0.717, 1.165) is 24.5 Å². The minimum atomic E-state index is 0.230. The molecular weight excluding hydrogens is 220 g/mol. The number of aromatic nitrogens is 1. The van der Waals surface area contributed by atoms with Crippen LogP contribution in [0.4, 0.5) is 5.82 Å². The van der Waals surface area contributed by atoms with E-state index in [4.69, 9.17) is 5.11 Å². The van der Waals surface area contributed by atoms with Gasteiger partial charge in [-0.25, -0.2) is 4.98 Å². The number of aliphatic hydroxyl groups excluding tert-OH is 1. The average molecular weight is 240 g/mol. The van der Waals surface area contributed by atoms with E-state index in [1.54, 1.807) is 11.8 Å². The lowest BCUT2D eigenvalue weighted by Crippen LogP contribution is -2.03. The molecule has 0 aliphatic heterocycles. The maximum Gasteiger partial charge on any atom is 0.125 e. The van der Waals surface area contributed by atoms with Gasteiger partial charge in [0.15, 0.2) is 0 Å². The highest BCUT2D eigenvalue weighted by atomic mass is 32.2. The molecule has 2 N–H and O–H groups in total. The van der Waals surface area contributed by atoms with Gasteiger partial charge in [-0.15, -0.1) is 0 Å². The molecular formula is C12H20N2OS. The molecule has 1 aromatic rings. The SMILES string of the molecule is CCCNc1ccc(CSC(C)CO)cn1. The summed E-state index contributed by atoms with van der Waals surface area (Å²) in [7, 11) is 0. The second-order valence-electron chi connectivity index (χ2n) is 3.78. The van der Waals surface area contributed by atoms with Crippen LogP contribution in [0.15, 0.2) is 18.3 Å². The van der Waals surface area contributed by atoms with Gasteiger partial charge in [0, 0.05) is 23.7 Å². The van der Waals surface area contributed by atoms with Gasteiger partial charge in [0.1, 0.15) is 5.82 Å². The van der Waals surface area contributed by atoms with E-state index in [-0.39, 0.29) is 11.9 Å². The maximum absolute atomic E-state index is 8.91. The third kappa shape index (κ3) is 4.86. The van der Waals surface area contributed by atoms with Crippen LogP contribution in [0.1, 0.15) is 25.8 Å². The van der Waals surface area contributed by atoms with Crippen LogP contribution < -0.4 is 5.32 Å². The summed E-state index contributed by atoms with van der Waals surface area (Å²) in [6.07, 6.45) is 3.00. The molecule has 0 aliphatic rings. The smallest absolute Gasteiger partial charge is 0.125 e. The number of thioether (sulfide) groups is 1. The van der Waals surface area contributed by atoms with Crippen molar-refractivity contribution in [2.24, 2.45) is 0 Å². The fourth-order valence-corrected chi connectivity index (χ4v) is 1.91. The highest BCUT2D eigenvalue weighted by Crippen LogP contribution is 2.17. The van der Waals surface area contributed by atoms with Crippen molar-refractivity contribution in [1.29, 1.82) is 0 Å². The zero-order valence-electron chi connectivity index (χ0n) is 9.94. The summed E-state index contributed by atoms with van der Waals surface area (Å²) in [5.74, 6) is 1.84. The van der Waals surface area contributed by atoms with E-state index in [2.05, 4.69) is 23.3 Å². The fourth-order valence-electron chi connectivity index (χ4n) is 1.16. The Hall–Kier alpha value is -0.740. The lowest BCUT2D eigenvalue weighted by molar-refractivity contribution is 0.300. The molecule has 16 heavy (non-hydrogen) atoms. The molecule has 0 saturated heterocycles. The Kier molecular flexibility index (Phi) is 6.26. The number of hydrogen-bond donors (Lipinski definition) is 2. The van der Waals surface area contributed by atoms with E-state index in [9.17, 15) is 0 Å². The molecule has 0 amide bonds. The highest BCUT2D eigenvalue weighted by molar-refractivity contribution is 7.99. The average Bonchev–Trinajstić information content (AvgIpc) is 2.34. The van der Waals surface area contributed by atoms with Crippen molar-refractivity contribution < 1.29 is 5.11 Å². The van der Waals surface area contributed by atoms with Crippen LogP contribution in [0.2, 0.25) is 0 Å². The molecule has 0 aliphatic carbocycles. The van der Waals surface area contributed by atoms with Crippen molar-refractivity contribution in [3.63, 3.8) is 0 Å². The number of aliphatic hydroxyl groups is 1. The molecule has 0 bridgehead atoms. The summed E-state index contributed by atoms with van der Waals surface area (Å²) >= 11 is 1.74. The summed E-state index contributed by atoms with van der Waals surface area (Å²) in [5.41, 5.74) is 1.20. The van der Waals surface area contributed by atoms with Gasteiger partial charge >= 0.3 is 0 Å². The van der Waals surface area contributed by atoms with Crippen molar-refractivity contribution in [2.45, 2.75) is 31.3 Å². The first-order chi connectivity index (χ1) is 7.76. The van der Waals surface area contributed by atoms with Gasteiger partial charge in [-0.2, -0.15) is 11.8 Å². The predicted octanol–water partition coefficient (Wildman–Crippen LogP) is 2.52. The molecule has 1 heterocycles. The van der Waals surface area contributed by atoms with Gasteiger partial charge in [0.25, 0.3) is 0 Å². The number of pyridine rings is 1. The monoisotopic (exact) mass is 240 g/mol.